The third kappa shape index (κ3) is 4.31. The normalized spacial score (nSPS) is 18.0. The van der Waals surface area contributed by atoms with Gasteiger partial charge in [-0.3, -0.25) is 10.1 Å². The van der Waals surface area contributed by atoms with Crippen molar-refractivity contribution in [3.05, 3.63) is 34.4 Å². The van der Waals surface area contributed by atoms with E-state index in [-0.39, 0.29) is 30.3 Å². The van der Waals surface area contributed by atoms with Crippen molar-refractivity contribution in [3.8, 4) is 0 Å². The monoisotopic (exact) mass is 303 g/mol. The number of benzene rings is 1. The number of non-ortho nitro benzene ring substituents is 1. The van der Waals surface area contributed by atoms with Crippen LogP contribution in [0.25, 0.3) is 0 Å². The summed E-state index contributed by atoms with van der Waals surface area (Å²) >= 11 is 0. The second-order valence-corrected chi connectivity index (χ2v) is 4.65. The van der Waals surface area contributed by atoms with Gasteiger partial charge in [0.15, 0.2) is 0 Å². The predicted molar refractivity (Wildman–Crippen MR) is 77.4 cm³/mol. The molecule has 0 radical (unpaired) electrons. The van der Waals surface area contributed by atoms with Crippen LogP contribution >= 0.6 is 12.4 Å². The summed E-state index contributed by atoms with van der Waals surface area (Å²) < 4.78 is 0. The number of anilines is 1. The van der Waals surface area contributed by atoms with Crippen LogP contribution in [0.15, 0.2) is 24.3 Å². The van der Waals surface area contributed by atoms with E-state index in [1.54, 1.807) is 12.1 Å². The molecule has 0 aromatic heterocycles. The zero-order valence-corrected chi connectivity index (χ0v) is 11.6. The van der Waals surface area contributed by atoms with Crippen molar-refractivity contribution in [1.82, 2.24) is 5.32 Å². The molecular weight excluding hydrogens is 286 g/mol. The first-order valence-electron chi connectivity index (χ1n) is 6.12. The Morgan fingerprint density at radius 2 is 1.85 bits per heavy atom. The lowest BCUT2D eigenvalue weighted by molar-refractivity contribution is -0.384. The standard InChI is InChI=1S/C9H10N2O3.C3H7NO.ClH/c12-9-5-10(6-9)7-2-1-3-8(4-7)11(13)14;5-3-1-4-2-3;/h1-4,9,12H,5-6H2;3-5H,1-2H2;1H. The number of rotatable bonds is 2. The maximum Gasteiger partial charge on any atom is 0.271 e. The fraction of sp³-hybridized carbons (Fsp3) is 0.500. The van der Waals surface area contributed by atoms with Gasteiger partial charge in [0.2, 0.25) is 0 Å². The molecule has 8 heteroatoms. The zero-order chi connectivity index (χ0) is 13.8. The summed E-state index contributed by atoms with van der Waals surface area (Å²) in [5.74, 6) is 0. The van der Waals surface area contributed by atoms with E-state index in [0.29, 0.717) is 13.1 Å². The third-order valence-corrected chi connectivity index (χ3v) is 3.03. The molecule has 2 aliphatic heterocycles. The fourth-order valence-corrected chi connectivity index (χ4v) is 1.74. The summed E-state index contributed by atoms with van der Waals surface area (Å²) in [5.41, 5.74) is 0.883. The number of nitro groups is 1. The van der Waals surface area contributed by atoms with E-state index in [0.717, 1.165) is 18.8 Å². The van der Waals surface area contributed by atoms with E-state index in [4.69, 9.17) is 10.2 Å². The summed E-state index contributed by atoms with van der Waals surface area (Å²) in [7, 11) is 0. The second-order valence-electron chi connectivity index (χ2n) is 4.65. The minimum absolute atomic E-state index is 0. The molecule has 0 unspecified atom stereocenters. The van der Waals surface area contributed by atoms with Crippen LogP contribution in [0.2, 0.25) is 0 Å². The largest absolute Gasteiger partial charge is 0.390 e. The van der Waals surface area contributed by atoms with Gasteiger partial charge < -0.3 is 20.4 Å². The van der Waals surface area contributed by atoms with Crippen LogP contribution in [0.3, 0.4) is 0 Å². The van der Waals surface area contributed by atoms with E-state index >= 15 is 0 Å². The van der Waals surface area contributed by atoms with Gasteiger partial charge in [0.25, 0.3) is 5.69 Å². The van der Waals surface area contributed by atoms with E-state index in [1.165, 1.54) is 12.1 Å². The number of nitrogens with zero attached hydrogens (tertiary/aromatic N) is 2. The Bertz CT molecular complexity index is 450. The van der Waals surface area contributed by atoms with Crippen molar-refractivity contribution in [2.24, 2.45) is 0 Å². The molecule has 2 heterocycles. The number of aliphatic hydroxyl groups excluding tert-OH is 2. The Balaban J connectivity index is 0.000000283. The van der Waals surface area contributed by atoms with E-state index in [2.05, 4.69) is 5.32 Å². The van der Waals surface area contributed by atoms with Gasteiger partial charge in [0.05, 0.1) is 17.1 Å². The highest BCUT2D eigenvalue weighted by atomic mass is 35.5. The number of nitrogens with one attached hydrogen (secondary N) is 1. The number of aliphatic hydroxyl groups is 2. The third-order valence-electron chi connectivity index (χ3n) is 3.03. The molecule has 1 aromatic carbocycles. The lowest BCUT2D eigenvalue weighted by Gasteiger charge is -2.37. The van der Waals surface area contributed by atoms with Crippen molar-refractivity contribution in [3.63, 3.8) is 0 Å². The number of nitro benzene ring substituents is 1. The Labute approximate surface area is 122 Å². The lowest BCUT2D eigenvalue weighted by Crippen LogP contribution is -2.50. The number of β-amino-alcohol motifs (C(OH)–C–C–N with tert-alkyl or cyclic N) is 2. The molecule has 1 aromatic rings. The SMILES string of the molecule is Cl.O=[N+]([O-])c1cccc(N2CC(O)C2)c1.OC1CNC1. The molecule has 0 atom stereocenters. The topological polar surface area (TPSA) is 98.9 Å². The first-order chi connectivity index (χ1) is 9.06. The summed E-state index contributed by atoms with van der Waals surface area (Å²) in [6.45, 7) is 2.70. The lowest BCUT2D eigenvalue weighted by atomic mass is 10.1. The summed E-state index contributed by atoms with van der Waals surface area (Å²) in [6.07, 6.45) is -0.343. The molecule has 0 bridgehead atoms. The molecule has 3 rings (SSSR count). The van der Waals surface area contributed by atoms with Crippen LogP contribution in [0, 0.1) is 10.1 Å². The van der Waals surface area contributed by atoms with Crippen molar-refractivity contribution in [2.75, 3.05) is 31.1 Å². The first kappa shape index (κ1) is 16.6. The molecular formula is C12H18ClN3O4. The van der Waals surface area contributed by atoms with Gasteiger partial charge in [-0.1, -0.05) is 6.07 Å². The van der Waals surface area contributed by atoms with Crippen LogP contribution in [0.4, 0.5) is 11.4 Å². The highest BCUT2D eigenvalue weighted by Gasteiger charge is 2.25. The average molecular weight is 304 g/mol. The predicted octanol–water partition coefficient (Wildman–Crippen LogP) is 0.148. The summed E-state index contributed by atoms with van der Waals surface area (Å²) in [6, 6.07) is 6.43. The average Bonchev–Trinajstić information content (AvgIpc) is 2.33. The molecule has 2 saturated heterocycles. The van der Waals surface area contributed by atoms with Gasteiger partial charge in [0.1, 0.15) is 0 Å². The number of hydrogen-bond donors (Lipinski definition) is 3. The molecule has 0 amide bonds. The maximum atomic E-state index is 10.5. The van der Waals surface area contributed by atoms with Crippen LogP contribution in [0.1, 0.15) is 0 Å². The number of hydrogen-bond acceptors (Lipinski definition) is 6. The second kappa shape index (κ2) is 7.39. The Morgan fingerprint density at radius 3 is 2.25 bits per heavy atom. The van der Waals surface area contributed by atoms with Gasteiger partial charge in [0, 0.05) is 44.0 Å². The minimum atomic E-state index is -0.417. The molecule has 7 nitrogen and oxygen atoms in total. The van der Waals surface area contributed by atoms with Gasteiger partial charge in [-0.05, 0) is 6.07 Å². The Hall–Kier alpha value is -1.41. The molecule has 0 spiro atoms. The van der Waals surface area contributed by atoms with Crippen molar-refractivity contribution in [1.29, 1.82) is 0 Å². The first-order valence-corrected chi connectivity index (χ1v) is 6.12. The van der Waals surface area contributed by atoms with Crippen LogP contribution < -0.4 is 10.2 Å². The molecule has 0 aliphatic carbocycles. The van der Waals surface area contributed by atoms with Gasteiger partial charge in [-0.2, -0.15) is 0 Å². The van der Waals surface area contributed by atoms with Gasteiger partial charge >= 0.3 is 0 Å². The van der Waals surface area contributed by atoms with Crippen LogP contribution in [-0.2, 0) is 0 Å². The molecule has 2 fully saturated rings. The molecule has 3 N–H and O–H groups in total. The molecule has 2 aliphatic rings. The minimum Gasteiger partial charge on any atom is -0.390 e. The highest BCUT2D eigenvalue weighted by molar-refractivity contribution is 5.85. The maximum absolute atomic E-state index is 10.5. The van der Waals surface area contributed by atoms with E-state index < -0.39 is 4.92 Å². The fourth-order valence-electron chi connectivity index (χ4n) is 1.74. The van der Waals surface area contributed by atoms with Crippen molar-refractivity contribution < 1.29 is 15.1 Å². The van der Waals surface area contributed by atoms with E-state index in [9.17, 15) is 10.1 Å². The van der Waals surface area contributed by atoms with Gasteiger partial charge in [-0.25, -0.2) is 0 Å². The summed E-state index contributed by atoms with van der Waals surface area (Å²) in [5, 5.41) is 30.9. The Kier molecular flexibility index (Phi) is 6.15. The smallest absolute Gasteiger partial charge is 0.271 e. The highest BCUT2D eigenvalue weighted by Crippen LogP contribution is 2.24. The number of halogens is 1. The Morgan fingerprint density at radius 1 is 1.25 bits per heavy atom. The van der Waals surface area contributed by atoms with Crippen molar-refractivity contribution in [2.45, 2.75) is 12.2 Å². The van der Waals surface area contributed by atoms with Crippen molar-refractivity contribution >= 4 is 23.8 Å². The summed E-state index contributed by atoms with van der Waals surface area (Å²) in [4.78, 5) is 12.0. The zero-order valence-electron chi connectivity index (χ0n) is 10.8. The quantitative estimate of drug-likeness (QED) is 0.531. The molecule has 20 heavy (non-hydrogen) atoms. The van der Waals surface area contributed by atoms with Crippen LogP contribution in [0.5, 0.6) is 0 Å². The molecule has 0 saturated carbocycles. The van der Waals surface area contributed by atoms with Gasteiger partial charge in [-0.15, -0.1) is 12.4 Å². The van der Waals surface area contributed by atoms with E-state index in [1.807, 2.05) is 4.90 Å². The van der Waals surface area contributed by atoms with Crippen LogP contribution in [-0.4, -0.2) is 53.5 Å². The molecule has 112 valence electrons.